The van der Waals surface area contributed by atoms with Crippen LogP contribution in [0.3, 0.4) is 0 Å². The van der Waals surface area contributed by atoms with Gasteiger partial charge < -0.3 is 9.30 Å². The molecule has 0 aliphatic heterocycles. The largest absolute Gasteiger partial charge is 0.462 e. The molecule has 0 saturated heterocycles. The molecule has 2 heterocycles. The molecule has 6 nitrogen and oxygen atoms in total. The number of aromatic nitrogens is 3. The van der Waals surface area contributed by atoms with E-state index in [1.165, 1.54) is 4.68 Å². The molecule has 2 aromatic heterocycles. The molecule has 0 aliphatic rings. The Balaban J connectivity index is 1.65. The van der Waals surface area contributed by atoms with Crippen LogP contribution >= 0.6 is 11.6 Å². The van der Waals surface area contributed by atoms with Crippen LogP contribution in [0.5, 0.6) is 0 Å². The number of hydrogen-bond acceptors (Lipinski definition) is 4. The first kappa shape index (κ1) is 23.6. The smallest absolute Gasteiger partial charge is 0.339 e. The summed E-state index contributed by atoms with van der Waals surface area (Å²) in [6, 6.07) is 24.8. The molecule has 0 N–H and O–H groups in total. The maximum atomic E-state index is 12.7. The molecule has 0 saturated carbocycles. The molecular formula is C29H24ClN3O3. The Morgan fingerprint density at radius 2 is 1.58 bits per heavy atom. The number of nitrogens with zero attached hydrogens (tertiary/aromatic N) is 3. The topological polar surface area (TPSA) is 66.1 Å². The van der Waals surface area contributed by atoms with Crippen LogP contribution in [-0.4, -0.2) is 26.9 Å². The Kier molecular flexibility index (Phi) is 6.20. The van der Waals surface area contributed by atoms with Crippen molar-refractivity contribution in [3.05, 3.63) is 105 Å². The van der Waals surface area contributed by atoms with E-state index in [1.807, 2.05) is 90.4 Å². The number of carbonyl (C=O) groups is 1. The van der Waals surface area contributed by atoms with Crippen LogP contribution in [0, 0.1) is 6.92 Å². The monoisotopic (exact) mass is 497 g/mol. The zero-order valence-corrected chi connectivity index (χ0v) is 20.9. The first-order valence-electron chi connectivity index (χ1n) is 11.6. The molecule has 0 unspecified atom stereocenters. The molecule has 0 radical (unpaired) electrons. The average molecular weight is 498 g/mol. The highest BCUT2D eigenvalue weighted by Gasteiger charge is 2.21. The van der Waals surface area contributed by atoms with Crippen molar-refractivity contribution in [3.8, 4) is 28.2 Å². The maximum absolute atomic E-state index is 12.7. The summed E-state index contributed by atoms with van der Waals surface area (Å²) in [4.78, 5) is 25.2. The molecule has 7 heteroatoms. The molecule has 180 valence electrons. The summed E-state index contributed by atoms with van der Waals surface area (Å²) in [7, 11) is 1.66. The fourth-order valence-corrected chi connectivity index (χ4v) is 4.60. The second-order valence-corrected chi connectivity index (χ2v) is 8.90. The van der Waals surface area contributed by atoms with Crippen molar-refractivity contribution in [2.24, 2.45) is 7.05 Å². The Morgan fingerprint density at radius 3 is 2.25 bits per heavy atom. The van der Waals surface area contributed by atoms with Crippen molar-refractivity contribution in [2.45, 2.75) is 13.8 Å². The minimum Gasteiger partial charge on any atom is -0.462 e. The zero-order chi connectivity index (χ0) is 25.4. The summed E-state index contributed by atoms with van der Waals surface area (Å²) in [5.74, 6) is -0.360. The number of ether oxygens (including phenoxy) is 1. The lowest BCUT2D eigenvalue weighted by molar-refractivity contribution is 0.0525. The van der Waals surface area contributed by atoms with E-state index < -0.39 is 0 Å². The second kappa shape index (κ2) is 9.47. The van der Waals surface area contributed by atoms with Gasteiger partial charge in [-0.25, -0.2) is 9.48 Å². The van der Waals surface area contributed by atoms with Crippen molar-refractivity contribution in [1.29, 1.82) is 0 Å². The number of rotatable bonds is 5. The number of benzene rings is 3. The van der Waals surface area contributed by atoms with Gasteiger partial charge in [-0.1, -0.05) is 54.1 Å². The van der Waals surface area contributed by atoms with Gasteiger partial charge in [-0.15, -0.1) is 0 Å². The SMILES string of the molecule is CCOC(=O)c1cc(-c2ccc(Cl)cc2)n(-c2ccc(-c3nn(C)c(=O)c4ccccc34)cc2)c1C. The van der Waals surface area contributed by atoms with Crippen LogP contribution in [-0.2, 0) is 11.8 Å². The van der Waals surface area contributed by atoms with Gasteiger partial charge in [-0.05, 0) is 55.8 Å². The first-order valence-corrected chi connectivity index (χ1v) is 12.0. The van der Waals surface area contributed by atoms with Gasteiger partial charge in [0.05, 0.1) is 28.9 Å². The molecule has 36 heavy (non-hydrogen) atoms. The molecule has 0 amide bonds. The van der Waals surface area contributed by atoms with E-state index in [2.05, 4.69) is 5.10 Å². The highest BCUT2D eigenvalue weighted by atomic mass is 35.5. The summed E-state index contributed by atoms with van der Waals surface area (Å²) in [5, 5.41) is 6.60. The van der Waals surface area contributed by atoms with E-state index in [1.54, 1.807) is 14.0 Å². The number of esters is 1. The van der Waals surface area contributed by atoms with Gasteiger partial charge in [0.15, 0.2) is 0 Å². The van der Waals surface area contributed by atoms with Gasteiger partial charge >= 0.3 is 5.97 Å². The van der Waals surface area contributed by atoms with Gasteiger partial charge in [0.1, 0.15) is 0 Å². The van der Waals surface area contributed by atoms with Crippen LogP contribution in [0.15, 0.2) is 83.7 Å². The Labute approximate surface area is 213 Å². The van der Waals surface area contributed by atoms with Gasteiger partial charge in [-0.2, -0.15) is 5.10 Å². The lowest BCUT2D eigenvalue weighted by Crippen LogP contribution is -2.20. The lowest BCUT2D eigenvalue weighted by Gasteiger charge is -2.14. The predicted molar refractivity (Wildman–Crippen MR) is 143 cm³/mol. The third kappa shape index (κ3) is 4.10. The number of fused-ring (bicyclic) bond motifs is 1. The quantitative estimate of drug-likeness (QED) is 0.271. The fourth-order valence-electron chi connectivity index (χ4n) is 4.47. The number of aryl methyl sites for hydroxylation is 1. The number of carbonyl (C=O) groups excluding carboxylic acids is 1. The predicted octanol–water partition coefficient (Wildman–Crippen LogP) is 6.20. The summed E-state index contributed by atoms with van der Waals surface area (Å²) >= 11 is 6.11. The molecule has 0 bridgehead atoms. The van der Waals surface area contributed by atoms with Crippen molar-refractivity contribution in [3.63, 3.8) is 0 Å². The minimum absolute atomic E-state index is 0.131. The maximum Gasteiger partial charge on any atom is 0.339 e. The highest BCUT2D eigenvalue weighted by Crippen LogP contribution is 2.32. The van der Waals surface area contributed by atoms with E-state index in [9.17, 15) is 9.59 Å². The molecule has 0 fully saturated rings. The Hall–Kier alpha value is -4.16. The molecule has 5 rings (SSSR count). The third-order valence-corrected chi connectivity index (χ3v) is 6.49. The average Bonchev–Trinajstić information content (AvgIpc) is 3.24. The van der Waals surface area contributed by atoms with Crippen LogP contribution in [0.4, 0.5) is 0 Å². The fraction of sp³-hybridized carbons (Fsp3) is 0.138. The van der Waals surface area contributed by atoms with E-state index in [-0.39, 0.29) is 11.5 Å². The number of halogens is 1. The minimum atomic E-state index is -0.360. The van der Waals surface area contributed by atoms with Crippen molar-refractivity contribution < 1.29 is 9.53 Å². The molecule has 0 aliphatic carbocycles. The van der Waals surface area contributed by atoms with Crippen LogP contribution in [0.2, 0.25) is 5.02 Å². The summed E-state index contributed by atoms with van der Waals surface area (Å²) < 4.78 is 8.70. The van der Waals surface area contributed by atoms with Crippen LogP contribution in [0.25, 0.3) is 39.0 Å². The third-order valence-electron chi connectivity index (χ3n) is 6.24. The standard InChI is InChI=1S/C29H24ClN3O3/c1-4-36-29(35)25-17-26(19-9-13-21(30)14-10-19)33(18(25)2)22-15-11-20(12-16-22)27-23-7-5-6-8-24(23)28(34)32(3)31-27/h5-17H,4H2,1-3H3. The second-order valence-electron chi connectivity index (χ2n) is 8.46. The van der Waals surface area contributed by atoms with E-state index >= 15 is 0 Å². The molecular weight excluding hydrogens is 474 g/mol. The normalized spacial score (nSPS) is 11.1. The van der Waals surface area contributed by atoms with E-state index in [4.69, 9.17) is 16.3 Å². The molecule has 5 aromatic rings. The van der Waals surface area contributed by atoms with Crippen LogP contribution in [0.1, 0.15) is 23.0 Å². The van der Waals surface area contributed by atoms with Gasteiger partial charge in [0, 0.05) is 34.4 Å². The van der Waals surface area contributed by atoms with Crippen LogP contribution < -0.4 is 5.56 Å². The van der Waals surface area contributed by atoms with E-state index in [0.29, 0.717) is 22.6 Å². The summed E-state index contributed by atoms with van der Waals surface area (Å²) in [6.07, 6.45) is 0. The Bertz CT molecular complexity index is 1650. The van der Waals surface area contributed by atoms with Gasteiger partial charge in [0.2, 0.25) is 0 Å². The van der Waals surface area contributed by atoms with Gasteiger partial charge in [0.25, 0.3) is 5.56 Å². The van der Waals surface area contributed by atoms with Crippen molar-refractivity contribution >= 4 is 28.3 Å². The Morgan fingerprint density at radius 1 is 0.944 bits per heavy atom. The number of hydrogen-bond donors (Lipinski definition) is 0. The first-order chi connectivity index (χ1) is 17.4. The summed E-state index contributed by atoms with van der Waals surface area (Å²) in [5.41, 5.74) is 5.42. The molecule has 3 aromatic carbocycles. The lowest BCUT2D eigenvalue weighted by atomic mass is 10.0. The molecule has 0 atom stereocenters. The van der Waals surface area contributed by atoms with Gasteiger partial charge in [-0.3, -0.25) is 4.79 Å². The van der Waals surface area contributed by atoms with E-state index in [0.717, 1.165) is 39.3 Å². The highest BCUT2D eigenvalue weighted by molar-refractivity contribution is 6.30. The zero-order valence-electron chi connectivity index (χ0n) is 20.2. The van der Waals surface area contributed by atoms with Crippen molar-refractivity contribution in [2.75, 3.05) is 6.61 Å². The van der Waals surface area contributed by atoms with Crippen molar-refractivity contribution in [1.82, 2.24) is 14.3 Å². The molecule has 0 spiro atoms. The summed E-state index contributed by atoms with van der Waals surface area (Å²) in [6.45, 7) is 4.00.